The third-order valence-corrected chi connectivity index (χ3v) is 4.46. The van der Waals surface area contributed by atoms with Crippen molar-refractivity contribution in [3.05, 3.63) is 59.8 Å². The van der Waals surface area contributed by atoms with Crippen LogP contribution in [0.4, 0.5) is 0 Å². The highest BCUT2D eigenvalue weighted by Crippen LogP contribution is 2.44. The fraction of sp³-hybridized carbons (Fsp3) is 0.235. The molecule has 1 aromatic carbocycles. The Morgan fingerprint density at radius 2 is 1.90 bits per heavy atom. The highest BCUT2D eigenvalue weighted by molar-refractivity contribution is 7.99. The number of nitrogens with zero attached hydrogens (tertiary/aromatic N) is 2. The molecule has 0 radical (unpaired) electrons. The van der Waals surface area contributed by atoms with Crippen LogP contribution in [0.3, 0.4) is 0 Å². The van der Waals surface area contributed by atoms with Crippen LogP contribution in [0.5, 0.6) is 0 Å². The quantitative estimate of drug-likeness (QED) is 0.724. The standard InChI is InChI=1S/C17H18N2S/c1-19(2)12-6-9-13-14-7-3-4-10-16(14)20-17-15(13)8-5-11-18-17/h3-5,7-11H,6,12H2,1-2H3. The zero-order valence-corrected chi connectivity index (χ0v) is 12.7. The molecule has 2 nitrogen and oxygen atoms in total. The molecule has 0 N–H and O–H groups in total. The van der Waals surface area contributed by atoms with Gasteiger partial charge in [-0.1, -0.05) is 42.1 Å². The molecular formula is C17H18N2S. The summed E-state index contributed by atoms with van der Waals surface area (Å²) in [7, 11) is 4.22. The number of hydrogen-bond donors (Lipinski definition) is 0. The van der Waals surface area contributed by atoms with Gasteiger partial charge in [-0.15, -0.1) is 0 Å². The van der Waals surface area contributed by atoms with E-state index in [1.54, 1.807) is 11.8 Å². The Kier molecular flexibility index (Phi) is 3.90. The molecule has 0 bridgehead atoms. The largest absolute Gasteiger partial charge is 0.309 e. The van der Waals surface area contributed by atoms with Gasteiger partial charge >= 0.3 is 0 Å². The molecule has 0 aliphatic carbocycles. The van der Waals surface area contributed by atoms with Gasteiger partial charge in [0.15, 0.2) is 0 Å². The van der Waals surface area contributed by atoms with E-state index in [9.17, 15) is 0 Å². The van der Waals surface area contributed by atoms with E-state index in [1.165, 1.54) is 21.6 Å². The van der Waals surface area contributed by atoms with Crippen LogP contribution < -0.4 is 0 Å². The summed E-state index contributed by atoms with van der Waals surface area (Å²) in [4.78, 5) is 8.04. The van der Waals surface area contributed by atoms with Crippen LogP contribution in [-0.4, -0.2) is 30.5 Å². The van der Waals surface area contributed by atoms with Crippen LogP contribution in [0.1, 0.15) is 17.5 Å². The first-order valence-electron chi connectivity index (χ1n) is 6.83. The zero-order chi connectivity index (χ0) is 13.9. The van der Waals surface area contributed by atoms with Gasteiger partial charge in [0.25, 0.3) is 0 Å². The fourth-order valence-corrected chi connectivity index (χ4v) is 3.44. The van der Waals surface area contributed by atoms with Crippen molar-refractivity contribution in [3.63, 3.8) is 0 Å². The van der Waals surface area contributed by atoms with Crippen LogP contribution in [0, 0.1) is 0 Å². The lowest BCUT2D eigenvalue weighted by Crippen LogP contribution is -2.12. The SMILES string of the molecule is CN(C)CCC=C1c2ccccc2Sc2ncccc21. The lowest BCUT2D eigenvalue weighted by Gasteiger charge is -2.21. The topological polar surface area (TPSA) is 16.1 Å². The first-order chi connectivity index (χ1) is 9.75. The summed E-state index contributed by atoms with van der Waals surface area (Å²) in [5.74, 6) is 0. The molecule has 0 fully saturated rings. The first kappa shape index (κ1) is 13.4. The van der Waals surface area contributed by atoms with E-state index in [0.717, 1.165) is 18.0 Å². The van der Waals surface area contributed by atoms with Gasteiger partial charge in [-0.25, -0.2) is 4.98 Å². The maximum Gasteiger partial charge on any atom is 0.109 e. The zero-order valence-electron chi connectivity index (χ0n) is 11.8. The highest BCUT2D eigenvalue weighted by Gasteiger charge is 2.20. The number of benzene rings is 1. The average molecular weight is 282 g/mol. The Morgan fingerprint density at radius 3 is 2.75 bits per heavy atom. The molecule has 2 heterocycles. The van der Waals surface area contributed by atoms with E-state index in [2.05, 4.69) is 60.4 Å². The minimum absolute atomic E-state index is 1.05. The Balaban J connectivity index is 2.03. The van der Waals surface area contributed by atoms with Gasteiger partial charge in [-0.3, -0.25) is 0 Å². The van der Waals surface area contributed by atoms with Crippen molar-refractivity contribution in [3.8, 4) is 0 Å². The van der Waals surface area contributed by atoms with E-state index in [4.69, 9.17) is 0 Å². The normalized spacial score (nSPS) is 15.2. The molecule has 1 aromatic heterocycles. The van der Waals surface area contributed by atoms with Crippen LogP contribution in [0.25, 0.3) is 5.57 Å². The highest BCUT2D eigenvalue weighted by atomic mass is 32.2. The first-order valence-corrected chi connectivity index (χ1v) is 7.65. The van der Waals surface area contributed by atoms with Gasteiger partial charge in [-0.2, -0.15) is 0 Å². The summed E-state index contributed by atoms with van der Waals surface area (Å²) >= 11 is 1.76. The van der Waals surface area contributed by atoms with Gasteiger partial charge in [0.2, 0.25) is 0 Å². The molecule has 0 saturated carbocycles. The molecule has 0 spiro atoms. The third-order valence-electron chi connectivity index (χ3n) is 3.37. The van der Waals surface area contributed by atoms with E-state index < -0.39 is 0 Å². The fourth-order valence-electron chi connectivity index (χ4n) is 2.39. The van der Waals surface area contributed by atoms with Crippen molar-refractivity contribution in [2.75, 3.05) is 20.6 Å². The monoisotopic (exact) mass is 282 g/mol. The summed E-state index contributed by atoms with van der Waals surface area (Å²) in [6.07, 6.45) is 5.27. The number of fused-ring (bicyclic) bond motifs is 2. The van der Waals surface area contributed by atoms with Gasteiger partial charge in [0.1, 0.15) is 5.03 Å². The van der Waals surface area contributed by atoms with E-state index in [0.29, 0.717) is 0 Å². The molecule has 0 saturated heterocycles. The van der Waals surface area contributed by atoms with Crippen molar-refractivity contribution < 1.29 is 0 Å². The van der Waals surface area contributed by atoms with Crippen LogP contribution >= 0.6 is 11.8 Å². The second-order valence-corrected chi connectivity index (χ2v) is 6.19. The molecule has 102 valence electrons. The average Bonchev–Trinajstić information content (AvgIpc) is 2.46. The minimum Gasteiger partial charge on any atom is -0.309 e. The smallest absolute Gasteiger partial charge is 0.109 e. The summed E-state index contributed by atoms with van der Waals surface area (Å²) in [6, 6.07) is 12.8. The second-order valence-electron chi connectivity index (χ2n) is 5.16. The molecule has 1 aliphatic rings. The lowest BCUT2D eigenvalue weighted by molar-refractivity contribution is 0.417. The van der Waals surface area contributed by atoms with E-state index in [1.807, 2.05) is 12.3 Å². The number of aromatic nitrogens is 1. The van der Waals surface area contributed by atoms with Gasteiger partial charge in [-0.05, 0) is 43.8 Å². The van der Waals surface area contributed by atoms with Crippen molar-refractivity contribution >= 4 is 17.3 Å². The lowest BCUT2D eigenvalue weighted by atomic mass is 9.97. The van der Waals surface area contributed by atoms with Crippen LogP contribution in [0.15, 0.2) is 58.6 Å². The van der Waals surface area contributed by atoms with Gasteiger partial charge < -0.3 is 4.90 Å². The predicted molar refractivity (Wildman–Crippen MR) is 85.1 cm³/mol. The van der Waals surface area contributed by atoms with Crippen molar-refractivity contribution in [1.29, 1.82) is 0 Å². The number of pyridine rings is 1. The van der Waals surface area contributed by atoms with Crippen LogP contribution in [0.2, 0.25) is 0 Å². The van der Waals surface area contributed by atoms with E-state index >= 15 is 0 Å². The molecule has 1 aliphatic heterocycles. The summed E-state index contributed by atoms with van der Waals surface area (Å²) < 4.78 is 0. The Bertz CT molecular complexity index is 599. The Morgan fingerprint density at radius 1 is 1.10 bits per heavy atom. The number of hydrogen-bond acceptors (Lipinski definition) is 3. The molecule has 3 heteroatoms. The third kappa shape index (κ3) is 2.65. The summed E-state index contributed by atoms with van der Waals surface area (Å²) in [5.41, 5.74) is 3.91. The van der Waals surface area contributed by atoms with Crippen molar-refractivity contribution in [2.45, 2.75) is 16.3 Å². The maximum absolute atomic E-state index is 4.52. The Hall–Kier alpha value is -1.58. The van der Waals surface area contributed by atoms with Crippen molar-refractivity contribution in [1.82, 2.24) is 9.88 Å². The maximum atomic E-state index is 4.52. The molecular weight excluding hydrogens is 264 g/mol. The Labute approximate surface area is 124 Å². The molecule has 3 rings (SSSR count). The van der Waals surface area contributed by atoms with Gasteiger partial charge in [0.05, 0.1) is 0 Å². The molecule has 20 heavy (non-hydrogen) atoms. The molecule has 0 amide bonds. The predicted octanol–water partition coefficient (Wildman–Crippen LogP) is 3.93. The summed E-state index contributed by atoms with van der Waals surface area (Å²) in [6.45, 7) is 1.06. The van der Waals surface area contributed by atoms with Crippen LogP contribution in [-0.2, 0) is 0 Å². The number of rotatable bonds is 3. The van der Waals surface area contributed by atoms with E-state index in [-0.39, 0.29) is 0 Å². The minimum atomic E-state index is 1.05. The molecule has 0 atom stereocenters. The van der Waals surface area contributed by atoms with Gasteiger partial charge in [0, 0.05) is 23.2 Å². The van der Waals surface area contributed by atoms with Crippen molar-refractivity contribution in [2.24, 2.45) is 0 Å². The second kappa shape index (κ2) is 5.81. The summed E-state index contributed by atoms with van der Waals surface area (Å²) in [5, 5.41) is 1.11. The molecule has 0 unspecified atom stereocenters. The molecule has 2 aromatic rings.